The van der Waals surface area contributed by atoms with Gasteiger partial charge in [0.25, 0.3) is 5.91 Å². The van der Waals surface area contributed by atoms with Crippen molar-refractivity contribution >= 4 is 46.0 Å². The molecule has 0 radical (unpaired) electrons. The van der Waals surface area contributed by atoms with Crippen molar-refractivity contribution in [2.45, 2.75) is 6.92 Å². The van der Waals surface area contributed by atoms with Crippen LogP contribution in [-0.2, 0) is 4.79 Å². The molecule has 1 saturated heterocycles. The van der Waals surface area contributed by atoms with Crippen LogP contribution in [0.1, 0.15) is 11.1 Å². The van der Waals surface area contributed by atoms with Crippen LogP contribution < -0.4 is 4.90 Å². The lowest BCUT2D eigenvalue weighted by atomic mass is 10.2. The number of nitrogens with zero attached hydrogens (tertiary/aromatic N) is 1. The second-order valence-electron chi connectivity index (χ2n) is 4.95. The first kappa shape index (κ1) is 14.8. The molecule has 0 spiro atoms. The standard InChI is InChI=1S/C17H13NO2S2/c1-11-5-7-13(8-6-11)18-16(20)15(22-17(18)21)10-12-3-2-4-14(19)9-12/h2-10,19H,1H3/b15-10+. The predicted molar refractivity (Wildman–Crippen MR) is 94.9 cm³/mol. The van der Waals surface area contributed by atoms with Gasteiger partial charge in [-0.3, -0.25) is 9.69 Å². The van der Waals surface area contributed by atoms with E-state index in [1.165, 1.54) is 16.7 Å². The van der Waals surface area contributed by atoms with E-state index < -0.39 is 0 Å². The third-order valence-corrected chi connectivity index (χ3v) is 4.56. The van der Waals surface area contributed by atoms with Crippen molar-refractivity contribution in [3.63, 3.8) is 0 Å². The quantitative estimate of drug-likeness (QED) is 0.666. The number of anilines is 1. The Kier molecular flexibility index (Phi) is 4.00. The lowest BCUT2D eigenvalue weighted by Crippen LogP contribution is -2.27. The van der Waals surface area contributed by atoms with Crippen LogP contribution in [0, 0.1) is 6.92 Å². The van der Waals surface area contributed by atoms with Gasteiger partial charge in [0.1, 0.15) is 5.75 Å². The predicted octanol–water partition coefficient (Wildman–Crippen LogP) is 4.11. The zero-order valence-electron chi connectivity index (χ0n) is 11.8. The molecule has 1 amide bonds. The Morgan fingerprint density at radius 1 is 1.18 bits per heavy atom. The van der Waals surface area contributed by atoms with E-state index >= 15 is 0 Å². The van der Waals surface area contributed by atoms with E-state index in [0.29, 0.717) is 9.23 Å². The maximum absolute atomic E-state index is 12.6. The highest BCUT2D eigenvalue weighted by Crippen LogP contribution is 2.36. The van der Waals surface area contributed by atoms with E-state index in [1.807, 2.05) is 37.3 Å². The van der Waals surface area contributed by atoms with Gasteiger partial charge < -0.3 is 5.11 Å². The summed E-state index contributed by atoms with van der Waals surface area (Å²) in [5.74, 6) is 0.0324. The van der Waals surface area contributed by atoms with Crippen LogP contribution in [0.15, 0.2) is 53.4 Å². The minimum atomic E-state index is -0.137. The zero-order valence-corrected chi connectivity index (χ0v) is 13.4. The number of carbonyl (C=O) groups excluding carboxylic acids is 1. The first-order valence-electron chi connectivity index (χ1n) is 6.68. The fraction of sp³-hybridized carbons (Fsp3) is 0.0588. The van der Waals surface area contributed by atoms with Crippen LogP contribution in [-0.4, -0.2) is 15.3 Å². The molecule has 3 nitrogen and oxygen atoms in total. The molecule has 1 fully saturated rings. The van der Waals surface area contributed by atoms with E-state index in [4.69, 9.17) is 12.2 Å². The van der Waals surface area contributed by atoms with Crippen molar-refractivity contribution in [2.24, 2.45) is 0 Å². The van der Waals surface area contributed by atoms with Crippen LogP contribution in [0.2, 0.25) is 0 Å². The number of carbonyl (C=O) groups is 1. The zero-order chi connectivity index (χ0) is 15.7. The van der Waals surface area contributed by atoms with Gasteiger partial charge in [-0.1, -0.05) is 53.8 Å². The lowest BCUT2D eigenvalue weighted by Gasteiger charge is -2.14. The Balaban J connectivity index is 1.93. The molecular weight excluding hydrogens is 314 g/mol. The molecule has 110 valence electrons. The van der Waals surface area contributed by atoms with Crippen molar-refractivity contribution < 1.29 is 9.90 Å². The molecule has 1 N–H and O–H groups in total. The summed E-state index contributed by atoms with van der Waals surface area (Å²) in [5.41, 5.74) is 2.67. The number of aryl methyl sites for hydroxylation is 1. The molecular formula is C17H13NO2S2. The number of hydrogen-bond acceptors (Lipinski definition) is 4. The highest BCUT2D eigenvalue weighted by atomic mass is 32.2. The van der Waals surface area contributed by atoms with Crippen molar-refractivity contribution in [1.82, 2.24) is 0 Å². The Labute approximate surface area is 138 Å². The van der Waals surface area contributed by atoms with Crippen molar-refractivity contribution in [3.8, 4) is 5.75 Å². The van der Waals surface area contributed by atoms with Gasteiger partial charge in [0.05, 0.1) is 10.6 Å². The van der Waals surface area contributed by atoms with Crippen LogP contribution in [0.5, 0.6) is 5.75 Å². The third-order valence-electron chi connectivity index (χ3n) is 3.25. The number of thioether (sulfide) groups is 1. The average Bonchev–Trinajstić information content (AvgIpc) is 2.75. The molecule has 3 rings (SSSR count). The summed E-state index contributed by atoms with van der Waals surface area (Å²) in [6, 6.07) is 14.4. The number of phenols is 1. The monoisotopic (exact) mass is 327 g/mol. The minimum absolute atomic E-state index is 0.137. The SMILES string of the molecule is Cc1ccc(N2C(=O)/C(=C\c3cccc(O)c3)SC2=S)cc1. The number of aromatic hydroxyl groups is 1. The second kappa shape index (κ2) is 5.94. The maximum Gasteiger partial charge on any atom is 0.270 e. The lowest BCUT2D eigenvalue weighted by molar-refractivity contribution is -0.113. The molecule has 2 aromatic carbocycles. The summed E-state index contributed by atoms with van der Waals surface area (Å²) < 4.78 is 0.514. The maximum atomic E-state index is 12.6. The van der Waals surface area contributed by atoms with Gasteiger partial charge in [0.15, 0.2) is 4.32 Å². The Hall–Kier alpha value is -2.11. The molecule has 22 heavy (non-hydrogen) atoms. The topological polar surface area (TPSA) is 40.5 Å². The van der Waals surface area contributed by atoms with Gasteiger partial charge in [-0.05, 0) is 42.8 Å². The number of benzene rings is 2. The summed E-state index contributed by atoms with van der Waals surface area (Å²) >= 11 is 6.60. The second-order valence-corrected chi connectivity index (χ2v) is 6.62. The molecule has 0 aliphatic carbocycles. The van der Waals surface area contributed by atoms with Gasteiger partial charge in [-0.2, -0.15) is 0 Å². The van der Waals surface area contributed by atoms with Gasteiger partial charge in [0, 0.05) is 0 Å². The van der Waals surface area contributed by atoms with Crippen molar-refractivity contribution in [2.75, 3.05) is 4.90 Å². The summed E-state index contributed by atoms with van der Waals surface area (Å²) in [4.78, 5) is 14.7. The number of hydrogen-bond donors (Lipinski definition) is 1. The molecule has 0 bridgehead atoms. The first-order chi connectivity index (χ1) is 10.5. The smallest absolute Gasteiger partial charge is 0.270 e. The number of thiocarbonyl (C=S) groups is 1. The van der Waals surface area contributed by atoms with Crippen molar-refractivity contribution in [1.29, 1.82) is 0 Å². The normalized spacial score (nSPS) is 16.6. The molecule has 0 atom stereocenters. The highest BCUT2D eigenvalue weighted by molar-refractivity contribution is 8.27. The Morgan fingerprint density at radius 2 is 1.91 bits per heavy atom. The molecule has 0 unspecified atom stereocenters. The Morgan fingerprint density at radius 3 is 2.59 bits per heavy atom. The number of amides is 1. The molecule has 5 heteroatoms. The summed E-state index contributed by atoms with van der Waals surface area (Å²) in [6.07, 6.45) is 1.74. The largest absolute Gasteiger partial charge is 0.508 e. The number of rotatable bonds is 2. The van der Waals surface area contributed by atoms with Crippen LogP contribution in [0.25, 0.3) is 6.08 Å². The van der Waals surface area contributed by atoms with E-state index in [2.05, 4.69) is 0 Å². The summed E-state index contributed by atoms with van der Waals surface area (Å²) in [6.45, 7) is 2.00. The van der Waals surface area contributed by atoms with E-state index in [9.17, 15) is 9.90 Å². The molecule has 1 aliphatic heterocycles. The van der Waals surface area contributed by atoms with E-state index in [1.54, 1.807) is 24.3 Å². The fourth-order valence-electron chi connectivity index (χ4n) is 2.15. The minimum Gasteiger partial charge on any atom is -0.508 e. The highest BCUT2D eigenvalue weighted by Gasteiger charge is 2.33. The average molecular weight is 327 g/mol. The van der Waals surface area contributed by atoms with Crippen LogP contribution >= 0.6 is 24.0 Å². The molecule has 2 aromatic rings. The molecule has 1 aliphatic rings. The molecule has 0 aromatic heterocycles. The van der Waals surface area contributed by atoms with Crippen molar-refractivity contribution in [3.05, 3.63) is 64.6 Å². The summed E-state index contributed by atoms with van der Waals surface area (Å²) in [7, 11) is 0. The van der Waals surface area contributed by atoms with Gasteiger partial charge in [-0.25, -0.2) is 0 Å². The van der Waals surface area contributed by atoms with E-state index in [-0.39, 0.29) is 11.7 Å². The van der Waals surface area contributed by atoms with E-state index in [0.717, 1.165) is 16.8 Å². The first-order valence-corrected chi connectivity index (χ1v) is 7.91. The van der Waals surface area contributed by atoms with Gasteiger partial charge in [0.2, 0.25) is 0 Å². The van der Waals surface area contributed by atoms with Crippen LogP contribution in [0.4, 0.5) is 5.69 Å². The van der Waals surface area contributed by atoms with Gasteiger partial charge >= 0.3 is 0 Å². The molecule has 1 heterocycles. The Bertz CT molecular complexity index is 782. The fourth-order valence-corrected chi connectivity index (χ4v) is 3.45. The molecule has 0 saturated carbocycles. The van der Waals surface area contributed by atoms with Gasteiger partial charge in [-0.15, -0.1) is 0 Å². The van der Waals surface area contributed by atoms with Crippen LogP contribution in [0.3, 0.4) is 0 Å². The summed E-state index contributed by atoms with van der Waals surface area (Å²) in [5, 5.41) is 9.50. The third kappa shape index (κ3) is 2.91. The number of phenolic OH excluding ortho intramolecular Hbond substituents is 1.